The van der Waals surface area contributed by atoms with Crippen LogP contribution in [0.25, 0.3) is 0 Å². The predicted molar refractivity (Wildman–Crippen MR) is 102 cm³/mol. The molecule has 2 heterocycles. The van der Waals surface area contributed by atoms with E-state index in [1.807, 2.05) is 4.90 Å². The minimum Gasteiger partial charge on any atom is -0.435 e. The Morgan fingerprint density at radius 2 is 1.93 bits per heavy atom. The number of rotatable bonds is 7. The van der Waals surface area contributed by atoms with Gasteiger partial charge in [-0.15, -0.1) is 0 Å². The fourth-order valence-corrected chi connectivity index (χ4v) is 3.34. The molecule has 0 spiro atoms. The van der Waals surface area contributed by atoms with Gasteiger partial charge in [-0.25, -0.2) is 0 Å². The lowest BCUT2D eigenvalue weighted by Gasteiger charge is -2.32. The number of aromatic nitrogens is 2. The van der Waals surface area contributed by atoms with E-state index in [9.17, 15) is 18.4 Å². The fraction of sp³-hybridized carbons (Fsp3) is 0.450. The molecule has 0 saturated carbocycles. The molecule has 2 amide bonds. The lowest BCUT2D eigenvalue weighted by atomic mass is 9.96. The van der Waals surface area contributed by atoms with Crippen molar-refractivity contribution in [2.75, 3.05) is 19.6 Å². The van der Waals surface area contributed by atoms with Gasteiger partial charge in [0.2, 0.25) is 5.91 Å². The van der Waals surface area contributed by atoms with Crippen molar-refractivity contribution in [2.24, 2.45) is 13.0 Å². The van der Waals surface area contributed by atoms with Crippen molar-refractivity contribution >= 4 is 11.8 Å². The maximum atomic E-state index is 12.5. The molecule has 1 N–H and O–H groups in total. The molecule has 0 aliphatic carbocycles. The van der Waals surface area contributed by atoms with Crippen molar-refractivity contribution in [2.45, 2.75) is 25.9 Å². The minimum atomic E-state index is -2.86. The van der Waals surface area contributed by atoms with Crippen molar-refractivity contribution in [3.05, 3.63) is 47.8 Å². The summed E-state index contributed by atoms with van der Waals surface area (Å²) >= 11 is 0. The summed E-state index contributed by atoms with van der Waals surface area (Å²) in [5, 5.41) is 6.91. The summed E-state index contributed by atoms with van der Waals surface area (Å²) in [6, 6.07) is 6.12. The predicted octanol–water partition coefficient (Wildman–Crippen LogP) is 2.23. The molecule has 0 unspecified atom stereocenters. The molecule has 1 aliphatic rings. The molecule has 1 aromatic heterocycles. The number of piperidine rings is 1. The van der Waals surface area contributed by atoms with Crippen LogP contribution in [0.3, 0.4) is 0 Å². The third kappa shape index (κ3) is 6.00. The quantitative estimate of drug-likeness (QED) is 0.765. The van der Waals surface area contributed by atoms with E-state index in [1.54, 1.807) is 30.1 Å². The average molecular weight is 406 g/mol. The molecule has 1 saturated heterocycles. The standard InChI is InChI=1S/C20H24F2N4O3/c1-25-13-16(12-24-25)19(28)23-11-15-6-8-26(9-7-15)18(27)10-14-2-4-17(5-3-14)29-20(21)22/h2-5,12-13,15,20H,6-11H2,1H3,(H,23,28). The first-order chi connectivity index (χ1) is 13.9. The molecule has 0 radical (unpaired) electrons. The Morgan fingerprint density at radius 3 is 2.52 bits per heavy atom. The highest BCUT2D eigenvalue weighted by molar-refractivity contribution is 5.93. The van der Waals surface area contributed by atoms with Crippen LogP contribution in [0.4, 0.5) is 8.78 Å². The fourth-order valence-electron chi connectivity index (χ4n) is 3.34. The number of benzene rings is 1. The van der Waals surface area contributed by atoms with Crippen molar-refractivity contribution < 1.29 is 23.1 Å². The van der Waals surface area contributed by atoms with Crippen LogP contribution < -0.4 is 10.1 Å². The van der Waals surface area contributed by atoms with Crippen LogP contribution in [0.1, 0.15) is 28.8 Å². The maximum absolute atomic E-state index is 12.5. The number of hydrogen-bond donors (Lipinski definition) is 1. The number of aryl methyl sites for hydroxylation is 1. The summed E-state index contributed by atoms with van der Waals surface area (Å²) in [6.07, 6.45) is 5.06. The largest absolute Gasteiger partial charge is 0.435 e. The average Bonchev–Trinajstić information content (AvgIpc) is 3.14. The maximum Gasteiger partial charge on any atom is 0.387 e. The van der Waals surface area contributed by atoms with E-state index in [-0.39, 0.29) is 24.0 Å². The first kappa shape index (κ1) is 20.8. The van der Waals surface area contributed by atoms with Crippen molar-refractivity contribution in [1.29, 1.82) is 0 Å². The van der Waals surface area contributed by atoms with Gasteiger partial charge in [0.15, 0.2) is 0 Å². The molecule has 29 heavy (non-hydrogen) atoms. The van der Waals surface area contributed by atoms with Gasteiger partial charge in [-0.1, -0.05) is 12.1 Å². The highest BCUT2D eigenvalue weighted by Gasteiger charge is 2.23. The monoisotopic (exact) mass is 406 g/mol. The number of halogens is 2. The van der Waals surface area contributed by atoms with E-state index < -0.39 is 6.61 Å². The van der Waals surface area contributed by atoms with Crippen LogP contribution in [-0.2, 0) is 18.3 Å². The van der Waals surface area contributed by atoms with Gasteiger partial charge in [-0.05, 0) is 36.5 Å². The molecular formula is C20H24F2N4O3. The zero-order valence-corrected chi connectivity index (χ0v) is 16.2. The van der Waals surface area contributed by atoms with E-state index in [0.29, 0.717) is 31.1 Å². The zero-order valence-electron chi connectivity index (χ0n) is 16.2. The summed E-state index contributed by atoms with van der Waals surface area (Å²) in [5.74, 6) is 0.261. The first-order valence-corrected chi connectivity index (χ1v) is 9.49. The third-order valence-corrected chi connectivity index (χ3v) is 4.99. The van der Waals surface area contributed by atoms with Crippen LogP contribution in [0.15, 0.2) is 36.7 Å². The second-order valence-electron chi connectivity index (χ2n) is 7.14. The first-order valence-electron chi connectivity index (χ1n) is 9.49. The number of hydrogen-bond acceptors (Lipinski definition) is 4. The van der Waals surface area contributed by atoms with Gasteiger partial charge >= 0.3 is 6.61 Å². The summed E-state index contributed by atoms with van der Waals surface area (Å²) < 4.78 is 30.3. The lowest BCUT2D eigenvalue weighted by molar-refractivity contribution is -0.131. The minimum absolute atomic E-state index is 0.00498. The van der Waals surface area contributed by atoms with E-state index in [2.05, 4.69) is 15.2 Å². The summed E-state index contributed by atoms with van der Waals surface area (Å²) in [5.41, 5.74) is 1.28. The van der Waals surface area contributed by atoms with Crippen LogP contribution in [-0.4, -0.2) is 52.7 Å². The Balaban J connectivity index is 1.40. The molecule has 0 bridgehead atoms. The van der Waals surface area contributed by atoms with E-state index in [4.69, 9.17) is 0 Å². The number of nitrogens with one attached hydrogen (secondary N) is 1. The highest BCUT2D eigenvalue weighted by Crippen LogP contribution is 2.19. The lowest BCUT2D eigenvalue weighted by Crippen LogP contribution is -2.42. The number of nitrogens with zero attached hydrogens (tertiary/aromatic N) is 3. The number of ether oxygens (including phenoxy) is 1. The molecule has 3 rings (SSSR count). The second-order valence-corrected chi connectivity index (χ2v) is 7.14. The van der Waals surface area contributed by atoms with Crippen LogP contribution in [0, 0.1) is 5.92 Å². The van der Waals surface area contributed by atoms with E-state index in [1.165, 1.54) is 18.3 Å². The van der Waals surface area contributed by atoms with Gasteiger partial charge in [-0.3, -0.25) is 14.3 Å². The van der Waals surface area contributed by atoms with Crippen molar-refractivity contribution in [3.8, 4) is 5.75 Å². The van der Waals surface area contributed by atoms with Crippen molar-refractivity contribution in [1.82, 2.24) is 20.0 Å². The Bertz CT molecular complexity index is 831. The number of alkyl halides is 2. The van der Waals surface area contributed by atoms with Crippen LogP contribution >= 0.6 is 0 Å². The smallest absolute Gasteiger partial charge is 0.387 e. The molecule has 9 heteroatoms. The summed E-state index contributed by atoms with van der Waals surface area (Å²) in [6.45, 7) is -1.02. The van der Waals surface area contributed by atoms with Gasteiger partial charge in [0, 0.05) is 32.9 Å². The molecule has 7 nitrogen and oxygen atoms in total. The molecule has 2 aromatic rings. The highest BCUT2D eigenvalue weighted by atomic mass is 19.3. The molecule has 1 aliphatic heterocycles. The van der Waals surface area contributed by atoms with Gasteiger partial charge in [0.25, 0.3) is 5.91 Å². The van der Waals surface area contributed by atoms with Crippen LogP contribution in [0.2, 0.25) is 0 Å². The summed E-state index contributed by atoms with van der Waals surface area (Å²) in [4.78, 5) is 26.4. The molecule has 1 fully saturated rings. The second kappa shape index (κ2) is 9.49. The van der Waals surface area contributed by atoms with Gasteiger partial charge in [0.05, 0.1) is 18.2 Å². The van der Waals surface area contributed by atoms with E-state index >= 15 is 0 Å². The molecule has 0 atom stereocenters. The Hall–Kier alpha value is -2.97. The number of carbonyl (C=O) groups is 2. The van der Waals surface area contributed by atoms with Crippen LogP contribution in [0.5, 0.6) is 5.75 Å². The number of amides is 2. The number of carbonyl (C=O) groups excluding carboxylic acids is 2. The Morgan fingerprint density at radius 1 is 1.24 bits per heavy atom. The van der Waals surface area contributed by atoms with Gasteiger partial charge < -0.3 is 15.0 Å². The molecular weight excluding hydrogens is 382 g/mol. The van der Waals surface area contributed by atoms with E-state index in [0.717, 1.165) is 18.4 Å². The van der Waals surface area contributed by atoms with Gasteiger partial charge in [0.1, 0.15) is 5.75 Å². The summed E-state index contributed by atoms with van der Waals surface area (Å²) in [7, 11) is 1.76. The van der Waals surface area contributed by atoms with Crippen molar-refractivity contribution in [3.63, 3.8) is 0 Å². The SMILES string of the molecule is Cn1cc(C(=O)NCC2CCN(C(=O)Cc3ccc(OC(F)F)cc3)CC2)cn1. The topological polar surface area (TPSA) is 76.5 Å². The normalized spacial score (nSPS) is 14.8. The molecule has 156 valence electrons. The molecule has 1 aromatic carbocycles. The Labute approximate surface area is 167 Å². The van der Waals surface area contributed by atoms with Gasteiger partial charge in [-0.2, -0.15) is 13.9 Å². The third-order valence-electron chi connectivity index (χ3n) is 4.99. The Kier molecular flexibility index (Phi) is 6.79. The zero-order chi connectivity index (χ0) is 20.8. The number of likely N-dealkylation sites (tertiary alicyclic amines) is 1.